The van der Waals surface area contributed by atoms with Crippen LogP contribution >= 0.6 is 0 Å². The summed E-state index contributed by atoms with van der Waals surface area (Å²) in [6, 6.07) is 2.10. The third-order valence-corrected chi connectivity index (χ3v) is 2.96. The molecule has 0 amide bonds. The Morgan fingerprint density at radius 1 is 1.40 bits per heavy atom. The summed E-state index contributed by atoms with van der Waals surface area (Å²) in [5, 5.41) is 17.7. The largest absolute Gasteiger partial charge is 0.481 e. The average Bonchev–Trinajstić information content (AvgIpc) is 2.36. The smallest absolute Gasteiger partial charge is 0.333 e. The molecule has 0 aromatic rings. The fourth-order valence-corrected chi connectivity index (χ4v) is 1.50. The summed E-state index contributed by atoms with van der Waals surface area (Å²) >= 11 is 0. The molecule has 6 nitrogen and oxygen atoms in total. The molecule has 0 aliphatic rings. The number of carbonyl (C=O) groups excluding carboxylic acids is 1. The van der Waals surface area contributed by atoms with Gasteiger partial charge in [-0.25, -0.2) is 4.79 Å². The van der Waals surface area contributed by atoms with Gasteiger partial charge in [0.25, 0.3) is 0 Å². The molecule has 0 heterocycles. The Balaban J connectivity index is 4.18. The van der Waals surface area contributed by atoms with Gasteiger partial charge in [-0.3, -0.25) is 4.79 Å². The van der Waals surface area contributed by atoms with Gasteiger partial charge in [-0.2, -0.15) is 5.26 Å². The normalized spacial score (nSPS) is 12.3. The second kappa shape index (κ2) is 8.33. The van der Waals surface area contributed by atoms with Crippen molar-refractivity contribution in [3.05, 3.63) is 12.2 Å². The first-order chi connectivity index (χ1) is 9.18. The Hall–Kier alpha value is -1.87. The van der Waals surface area contributed by atoms with Crippen LogP contribution in [-0.2, 0) is 14.3 Å². The molecule has 0 aliphatic heterocycles. The van der Waals surface area contributed by atoms with Crippen molar-refractivity contribution in [2.24, 2.45) is 5.92 Å². The van der Waals surface area contributed by atoms with Gasteiger partial charge in [0.2, 0.25) is 0 Å². The summed E-state index contributed by atoms with van der Waals surface area (Å²) < 4.78 is 5.47. The second-order valence-corrected chi connectivity index (χ2v) is 5.52. The number of hydrogen-bond donors (Lipinski definition) is 1. The molecule has 112 valence electrons. The van der Waals surface area contributed by atoms with Gasteiger partial charge < -0.3 is 14.3 Å². The zero-order valence-corrected chi connectivity index (χ0v) is 12.4. The third-order valence-electron chi connectivity index (χ3n) is 2.96. The molecule has 0 saturated carbocycles. The lowest BCUT2D eigenvalue weighted by molar-refractivity contribution is -0.890. The van der Waals surface area contributed by atoms with Gasteiger partial charge in [0.15, 0.2) is 0 Å². The van der Waals surface area contributed by atoms with Crippen molar-refractivity contribution in [3.63, 3.8) is 0 Å². The highest BCUT2D eigenvalue weighted by atomic mass is 16.5. The molecule has 1 atom stereocenters. The van der Waals surface area contributed by atoms with E-state index < -0.39 is 11.9 Å². The number of hydrogen-bond acceptors (Lipinski definition) is 4. The van der Waals surface area contributed by atoms with Crippen LogP contribution in [0.2, 0.25) is 0 Å². The molecular weight excluding hydrogens is 260 g/mol. The first-order valence-electron chi connectivity index (χ1n) is 6.44. The molecule has 0 aromatic carbocycles. The minimum absolute atomic E-state index is 0.0428. The number of carboxylic acids is 1. The van der Waals surface area contributed by atoms with Crippen molar-refractivity contribution in [1.82, 2.24) is 0 Å². The number of quaternary nitrogens is 1. The maximum Gasteiger partial charge on any atom is 0.333 e. The van der Waals surface area contributed by atoms with Gasteiger partial charge in [-0.05, 0) is 6.92 Å². The molecule has 6 heteroatoms. The zero-order chi connectivity index (χ0) is 15.8. The van der Waals surface area contributed by atoms with Crippen LogP contribution in [0.5, 0.6) is 0 Å². The van der Waals surface area contributed by atoms with Crippen molar-refractivity contribution in [1.29, 1.82) is 5.26 Å². The van der Waals surface area contributed by atoms with E-state index in [4.69, 9.17) is 15.1 Å². The molecule has 1 unspecified atom stereocenters. The van der Waals surface area contributed by atoms with Crippen LogP contribution in [0, 0.1) is 17.2 Å². The predicted molar refractivity (Wildman–Crippen MR) is 73.6 cm³/mol. The van der Waals surface area contributed by atoms with Crippen molar-refractivity contribution in [2.75, 3.05) is 33.8 Å². The molecular formula is C14H23N2O4+. The predicted octanol–water partition coefficient (Wildman–Crippen LogP) is 1.19. The van der Waals surface area contributed by atoms with E-state index in [1.807, 2.05) is 14.1 Å². The number of aliphatic carboxylic acids is 1. The summed E-state index contributed by atoms with van der Waals surface area (Å²) in [6.07, 6.45) is 0.640. The standard InChI is InChI=1S/C14H22N2O4/c1-11(2)14(19)20-10-12(9-15)5-7-16(3,4)8-6-13(17)18/h12H,1,5-8,10H2,2-4H3/p+1. The fraction of sp³-hybridized carbons (Fsp3) is 0.643. The van der Waals surface area contributed by atoms with E-state index in [2.05, 4.69) is 12.6 Å². The highest BCUT2D eigenvalue weighted by Gasteiger charge is 2.20. The van der Waals surface area contributed by atoms with Crippen LogP contribution in [0.3, 0.4) is 0 Å². The molecule has 0 rings (SSSR count). The summed E-state index contributed by atoms with van der Waals surface area (Å²) in [5.74, 6) is -1.71. The lowest BCUT2D eigenvalue weighted by Crippen LogP contribution is -2.42. The molecule has 0 aliphatic carbocycles. The molecule has 0 aromatic heterocycles. The van der Waals surface area contributed by atoms with Crippen LogP contribution in [0.4, 0.5) is 0 Å². The monoisotopic (exact) mass is 283 g/mol. The fourth-order valence-electron chi connectivity index (χ4n) is 1.50. The Bertz CT molecular complexity index is 410. The number of nitriles is 1. The topological polar surface area (TPSA) is 87.4 Å². The molecule has 0 saturated heterocycles. The summed E-state index contributed by atoms with van der Waals surface area (Å²) in [7, 11) is 3.83. The summed E-state index contributed by atoms with van der Waals surface area (Å²) in [6.45, 7) is 6.21. The highest BCUT2D eigenvalue weighted by Crippen LogP contribution is 2.09. The SMILES string of the molecule is C=C(C)C(=O)OCC(C#N)CC[N+](C)(C)CCC(=O)O. The maximum absolute atomic E-state index is 11.2. The van der Waals surface area contributed by atoms with Crippen LogP contribution in [0.15, 0.2) is 12.2 Å². The quantitative estimate of drug-likeness (QED) is 0.390. The van der Waals surface area contributed by atoms with Gasteiger partial charge in [-0.1, -0.05) is 6.58 Å². The number of carbonyl (C=O) groups is 2. The minimum atomic E-state index is -0.830. The number of esters is 1. The van der Waals surface area contributed by atoms with E-state index in [1.54, 1.807) is 6.92 Å². The van der Waals surface area contributed by atoms with E-state index in [0.717, 1.165) is 0 Å². The first kappa shape index (κ1) is 18.1. The van der Waals surface area contributed by atoms with Gasteiger partial charge in [-0.15, -0.1) is 0 Å². The van der Waals surface area contributed by atoms with E-state index in [-0.39, 0.29) is 18.9 Å². The van der Waals surface area contributed by atoms with Crippen LogP contribution in [-0.4, -0.2) is 55.3 Å². The number of nitrogens with zero attached hydrogens (tertiary/aromatic N) is 2. The molecule has 0 radical (unpaired) electrons. The summed E-state index contributed by atoms with van der Waals surface area (Å²) in [4.78, 5) is 21.8. The van der Waals surface area contributed by atoms with Crippen molar-refractivity contribution < 1.29 is 23.9 Å². The van der Waals surface area contributed by atoms with E-state index in [0.29, 0.717) is 29.6 Å². The van der Waals surface area contributed by atoms with Gasteiger partial charge >= 0.3 is 11.9 Å². The van der Waals surface area contributed by atoms with Crippen molar-refractivity contribution in [3.8, 4) is 6.07 Å². The Morgan fingerprint density at radius 2 is 2.00 bits per heavy atom. The van der Waals surface area contributed by atoms with Gasteiger partial charge in [0.05, 0.1) is 45.6 Å². The van der Waals surface area contributed by atoms with Crippen LogP contribution < -0.4 is 0 Å². The van der Waals surface area contributed by atoms with E-state index >= 15 is 0 Å². The van der Waals surface area contributed by atoms with Gasteiger partial charge in [0, 0.05) is 12.0 Å². The Morgan fingerprint density at radius 3 is 2.45 bits per heavy atom. The molecule has 0 spiro atoms. The maximum atomic E-state index is 11.2. The molecule has 0 bridgehead atoms. The molecule has 20 heavy (non-hydrogen) atoms. The minimum Gasteiger partial charge on any atom is -0.481 e. The lowest BCUT2D eigenvalue weighted by atomic mass is 10.1. The highest BCUT2D eigenvalue weighted by molar-refractivity contribution is 5.86. The van der Waals surface area contributed by atoms with Crippen LogP contribution in [0.25, 0.3) is 0 Å². The number of rotatable bonds is 9. The number of carboxylic acid groups (broad SMARTS) is 1. The van der Waals surface area contributed by atoms with Gasteiger partial charge in [0.1, 0.15) is 6.61 Å². The average molecular weight is 283 g/mol. The Kier molecular flexibility index (Phi) is 7.55. The number of ether oxygens (including phenoxy) is 1. The van der Waals surface area contributed by atoms with Crippen molar-refractivity contribution >= 4 is 11.9 Å². The Labute approximate surface area is 119 Å². The van der Waals surface area contributed by atoms with E-state index in [1.165, 1.54) is 0 Å². The third kappa shape index (κ3) is 8.27. The zero-order valence-electron chi connectivity index (χ0n) is 12.4. The lowest BCUT2D eigenvalue weighted by Gasteiger charge is -2.29. The molecule has 0 fully saturated rings. The summed E-state index contributed by atoms with van der Waals surface area (Å²) in [5.41, 5.74) is 0.305. The second-order valence-electron chi connectivity index (χ2n) is 5.52. The van der Waals surface area contributed by atoms with Crippen LogP contribution in [0.1, 0.15) is 19.8 Å². The first-order valence-corrected chi connectivity index (χ1v) is 6.44. The van der Waals surface area contributed by atoms with Crippen molar-refractivity contribution in [2.45, 2.75) is 19.8 Å². The van der Waals surface area contributed by atoms with E-state index in [9.17, 15) is 9.59 Å². The molecule has 1 N–H and O–H groups in total.